The number of rotatable bonds is 12. The summed E-state index contributed by atoms with van der Waals surface area (Å²) in [4.78, 5) is 24.3. The Morgan fingerprint density at radius 1 is 1.08 bits per heavy atom. The van der Waals surface area contributed by atoms with Crippen molar-refractivity contribution in [2.24, 2.45) is 5.14 Å². The van der Waals surface area contributed by atoms with Gasteiger partial charge in [0.15, 0.2) is 17.4 Å². The van der Waals surface area contributed by atoms with Crippen LogP contribution in [0.15, 0.2) is 65.6 Å². The van der Waals surface area contributed by atoms with E-state index in [2.05, 4.69) is 5.32 Å². The number of Topliss-reactive ketones (excluding diaryl/α,β-unsaturated/α-hetero) is 1. The largest absolute Gasteiger partial charge is 0.489 e. The van der Waals surface area contributed by atoms with Crippen LogP contribution in [0, 0.1) is 11.6 Å². The highest BCUT2D eigenvalue weighted by molar-refractivity contribution is 7.98. The van der Waals surface area contributed by atoms with E-state index in [9.17, 15) is 26.8 Å². The maximum atomic E-state index is 13.8. The maximum Gasteiger partial charge on any atom is 0.317 e. The lowest BCUT2D eigenvalue weighted by atomic mass is 10.0. The average molecular weight is 551 g/mol. The number of benzene rings is 3. The third-order valence-corrected chi connectivity index (χ3v) is 6.82. The van der Waals surface area contributed by atoms with Gasteiger partial charge in [-0.2, -0.15) is 0 Å². The number of nitrogens with one attached hydrogen (secondary N) is 1. The molecule has 1 atom stereocenters. The summed E-state index contributed by atoms with van der Waals surface area (Å²) < 4.78 is 56.1. The number of hydrogen-bond donors (Lipinski definition) is 3. The summed E-state index contributed by atoms with van der Waals surface area (Å²) in [7, 11) is -4.06. The van der Waals surface area contributed by atoms with E-state index in [1.807, 2.05) is 0 Å². The van der Waals surface area contributed by atoms with Crippen LogP contribution in [0.5, 0.6) is 5.75 Å². The van der Waals surface area contributed by atoms with E-state index in [1.54, 1.807) is 42.7 Å². The average Bonchev–Trinajstić information content (AvgIpc) is 2.86. The SMILES string of the molecule is CSc1cc(F)c(F)cc1-c1ccc(OCc2cccc(C(=O)C(CS(N)(=O)=O)NCC(=O)O)c2)cc1. The second-order valence-corrected chi connectivity index (χ2v) is 10.5. The van der Waals surface area contributed by atoms with Crippen LogP contribution < -0.4 is 15.2 Å². The Bertz CT molecular complexity index is 1400. The van der Waals surface area contributed by atoms with Gasteiger partial charge in [-0.3, -0.25) is 14.9 Å². The highest BCUT2D eigenvalue weighted by atomic mass is 32.2. The predicted octanol–water partition coefficient (Wildman–Crippen LogP) is 3.45. The van der Waals surface area contributed by atoms with Gasteiger partial charge in [-0.15, -0.1) is 11.8 Å². The van der Waals surface area contributed by atoms with Crippen molar-refractivity contribution >= 4 is 33.5 Å². The zero-order chi connectivity index (χ0) is 27.2. The number of ether oxygens (including phenoxy) is 1. The zero-order valence-corrected chi connectivity index (χ0v) is 21.2. The lowest BCUT2D eigenvalue weighted by Gasteiger charge is -2.16. The number of aliphatic carboxylic acids is 1. The molecule has 0 aliphatic rings. The molecule has 0 fully saturated rings. The van der Waals surface area contributed by atoms with Gasteiger partial charge in [0.25, 0.3) is 0 Å². The molecule has 8 nitrogen and oxygen atoms in total. The normalized spacial score (nSPS) is 12.2. The number of sulfonamides is 1. The molecule has 0 radical (unpaired) electrons. The summed E-state index contributed by atoms with van der Waals surface area (Å²) in [6.07, 6.45) is 1.77. The predicted molar refractivity (Wildman–Crippen MR) is 136 cm³/mol. The highest BCUT2D eigenvalue weighted by Crippen LogP contribution is 2.33. The quantitative estimate of drug-likeness (QED) is 0.231. The number of carbonyl (C=O) groups excluding carboxylic acids is 1. The first-order valence-corrected chi connectivity index (χ1v) is 13.8. The second kappa shape index (κ2) is 12.3. The van der Waals surface area contributed by atoms with Gasteiger partial charge in [0.1, 0.15) is 12.4 Å². The molecule has 12 heteroatoms. The van der Waals surface area contributed by atoms with Gasteiger partial charge >= 0.3 is 5.97 Å². The molecule has 37 heavy (non-hydrogen) atoms. The van der Waals surface area contributed by atoms with E-state index in [1.165, 1.54) is 23.9 Å². The molecule has 0 heterocycles. The monoisotopic (exact) mass is 550 g/mol. The molecule has 3 aromatic rings. The van der Waals surface area contributed by atoms with Gasteiger partial charge < -0.3 is 9.84 Å². The minimum atomic E-state index is -4.06. The number of primary sulfonamides is 1. The number of ketones is 1. The van der Waals surface area contributed by atoms with Crippen LogP contribution >= 0.6 is 11.8 Å². The molecule has 0 saturated heterocycles. The third kappa shape index (κ3) is 8.09. The van der Waals surface area contributed by atoms with E-state index in [4.69, 9.17) is 15.0 Å². The van der Waals surface area contributed by atoms with Crippen molar-refractivity contribution < 1.29 is 36.6 Å². The Morgan fingerprint density at radius 3 is 2.38 bits per heavy atom. The molecule has 0 saturated carbocycles. The van der Waals surface area contributed by atoms with Gasteiger partial charge in [0, 0.05) is 10.5 Å². The Labute approximate surface area is 216 Å². The Morgan fingerprint density at radius 2 is 1.76 bits per heavy atom. The number of halogens is 2. The topological polar surface area (TPSA) is 136 Å². The van der Waals surface area contributed by atoms with Crippen LogP contribution in [0.1, 0.15) is 15.9 Å². The first-order valence-electron chi connectivity index (χ1n) is 10.8. The van der Waals surface area contributed by atoms with E-state index in [0.29, 0.717) is 27.3 Å². The molecule has 3 aromatic carbocycles. The van der Waals surface area contributed by atoms with E-state index >= 15 is 0 Å². The van der Waals surface area contributed by atoms with Gasteiger partial charge in [-0.1, -0.05) is 30.3 Å². The van der Waals surface area contributed by atoms with E-state index in [-0.39, 0.29) is 12.2 Å². The number of nitrogens with two attached hydrogens (primary N) is 1. The number of carbonyl (C=O) groups is 2. The van der Waals surface area contributed by atoms with Crippen molar-refractivity contribution in [3.63, 3.8) is 0 Å². The van der Waals surface area contributed by atoms with Gasteiger partial charge in [-0.25, -0.2) is 22.3 Å². The van der Waals surface area contributed by atoms with Crippen LogP contribution in [-0.2, 0) is 21.4 Å². The minimum absolute atomic E-state index is 0.0735. The Hall–Kier alpha value is -3.32. The fraction of sp³-hybridized carbons (Fsp3) is 0.200. The summed E-state index contributed by atoms with van der Waals surface area (Å²) in [5, 5.41) is 16.3. The van der Waals surface area contributed by atoms with Crippen LogP contribution in [0.2, 0.25) is 0 Å². The Balaban J connectivity index is 1.72. The molecular weight excluding hydrogens is 526 g/mol. The molecule has 0 spiro atoms. The van der Waals surface area contributed by atoms with Gasteiger partial charge in [-0.05, 0) is 53.3 Å². The second-order valence-electron chi connectivity index (χ2n) is 8.00. The third-order valence-electron chi connectivity index (χ3n) is 5.24. The lowest BCUT2D eigenvalue weighted by molar-refractivity contribution is -0.136. The lowest BCUT2D eigenvalue weighted by Crippen LogP contribution is -2.45. The van der Waals surface area contributed by atoms with Crippen LogP contribution in [-0.4, -0.2) is 49.9 Å². The van der Waals surface area contributed by atoms with E-state index < -0.39 is 51.7 Å². The highest BCUT2D eigenvalue weighted by Gasteiger charge is 2.25. The standard InChI is InChI=1S/C25H24F2N2O6S2/c1-36-23-11-21(27)20(26)10-19(23)16-5-7-18(8-6-16)35-13-15-3-2-4-17(9-15)25(32)22(14-37(28,33)34)29-12-24(30)31/h2-11,22,29H,12-14H2,1H3,(H,30,31)(H2,28,33,34). The van der Waals surface area contributed by atoms with E-state index in [0.717, 1.165) is 12.1 Å². The Kier molecular flexibility index (Phi) is 9.38. The number of carboxylic acids is 1. The fourth-order valence-electron chi connectivity index (χ4n) is 3.51. The summed E-state index contributed by atoms with van der Waals surface area (Å²) in [6, 6.07) is 14.0. The molecule has 0 aliphatic heterocycles. The molecular formula is C25H24F2N2O6S2. The molecule has 0 bridgehead atoms. The van der Waals surface area contributed by atoms with Gasteiger partial charge in [0.2, 0.25) is 10.0 Å². The molecule has 4 N–H and O–H groups in total. The summed E-state index contributed by atoms with van der Waals surface area (Å²) >= 11 is 1.30. The molecule has 0 amide bonds. The van der Waals surface area contributed by atoms with Crippen molar-refractivity contribution in [3.8, 4) is 16.9 Å². The minimum Gasteiger partial charge on any atom is -0.489 e. The molecule has 0 aromatic heterocycles. The molecule has 0 aliphatic carbocycles. The molecule has 196 valence electrons. The first kappa shape index (κ1) is 28.3. The molecule has 1 unspecified atom stereocenters. The van der Waals surface area contributed by atoms with Crippen LogP contribution in [0.25, 0.3) is 11.1 Å². The van der Waals surface area contributed by atoms with Crippen LogP contribution in [0.4, 0.5) is 8.78 Å². The smallest absolute Gasteiger partial charge is 0.317 e. The van der Waals surface area contributed by atoms with Crippen molar-refractivity contribution in [1.82, 2.24) is 5.32 Å². The van der Waals surface area contributed by atoms with Crippen molar-refractivity contribution in [1.29, 1.82) is 0 Å². The van der Waals surface area contributed by atoms with Gasteiger partial charge in [0.05, 0.1) is 18.3 Å². The number of carboxylic acid groups (broad SMARTS) is 1. The number of thioether (sulfide) groups is 1. The van der Waals surface area contributed by atoms with Crippen molar-refractivity contribution in [2.75, 3.05) is 18.6 Å². The summed E-state index contributed by atoms with van der Waals surface area (Å²) in [5.41, 5.74) is 1.99. The van der Waals surface area contributed by atoms with Crippen molar-refractivity contribution in [2.45, 2.75) is 17.5 Å². The molecule has 3 rings (SSSR count). The first-order chi connectivity index (χ1) is 17.5. The number of hydrogen-bond acceptors (Lipinski definition) is 7. The zero-order valence-electron chi connectivity index (χ0n) is 19.6. The maximum absolute atomic E-state index is 13.8. The summed E-state index contributed by atoms with van der Waals surface area (Å²) in [6.45, 7) is -0.544. The van der Waals surface area contributed by atoms with Crippen molar-refractivity contribution in [3.05, 3.63) is 83.4 Å². The van der Waals surface area contributed by atoms with Crippen LogP contribution in [0.3, 0.4) is 0 Å². The summed E-state index contributed by atoms with van der Waals surface area (Å²) in [5.74, 6) is -4.01. The fourth-order valence-corrected chi connectivity index (χ4v) is 4.86.